The van der Waals surface area contributed by atoms with E-state index < -0.39 is 0 Å². The Labute approximate surface area is 557 Å². The number of hydrogen-bond donors (Lipinski definition) is 0. The van der Waals surface area contributed by atoms with E-state index in [4.69, 9.17) is 0 Å². The summed E-state index contributed by atoms with van der Waals surface area (Å²) in [6.07, 6.45) is 80.4. The summed E-state index contributed by atoms with van der Waals surface area (Å²) in [7, 11) is 0. The van der Waals surface area contributed by atoms with Crippen molar-refractivity contribution in [2.75, 3.05) is 0 Å². The summed E-state index contributed by atoms with van der Waals surface area (Å²) < 4.78 is 0. The third kappa shape index (κ3) is 35.4. The molecule has 0 aromatic rings. The standard InChI is InChI=1S/C11H22.2C10H20.2C9H18.2C8H16.2C7H14.C6H12.2CH4/c1-3-11(4-2)9-7-5-6-8-10-11;1-3-10(2)8-6-4-5-7-9-10;1-3-10(4-2)8-6-5-7-9-10;1-3-9(2)7-5-4-6-8-9;1-3-9(4-2)7-5-6-8-9;1-3-8(2)6-4-5-7-8;1-3-8(4-2)6-5-7-8;1-3-7(2)5-4-6-7;1-3-7(4-2)5-6-7;1-3-6(2)4-5-6;;/h3-10H2,1-2H3;2*3-9H2,1-2H3;2*3-8H2,1-2H3;2*3-7H2,1-2H3;2*3-6H2,1-2H3;3-5H2,1-2H3;2*1H4. The van der Waals surface area contributed by atoms with Crippen LogP contribution in [0.25, 0.3) is 0 Å². The molecule has 10 fully saturated rings. The highest BCUT2D eigenvalue weighted by Crippen LogP contribution is 2.52. The summed E-state index contributed by atoms with van der Waals surface area (Å²) in [5.74, 6) is 0. The minimum atomic E-state index is 0. The lowest BCUT2D eigenvalue weighted by Gasteiger charge is -2.40. The van der Waals surface area contributed by atoms with Crippen LogP contribution in [0, 0.1) is 54.1 Å². The fourth-order valence-electron chi connectivity index (χ4n) is 16.5. The van der Waals surface area contributed by atoms with Crippen LogP contribution in [0.5, 0.6) is 0 Å². The van der Waals surface area contributed by atoms with Crippen molar-refractivity contribution >= 4 is 0 Å². The molecule has 0 aromatic carbocycles. The van der Waals surface area contributed by atoms with Gasteiger partial charge in [0, 0.05) is 0 Å². The van der Waals surface area contributed by atoms with E-state index in [1.54, 1.807) is 0 Å². The molecule has 0 N–H and O–H groups in total. The molecule has 0 spiro atoms. The molecule has 0 radical (unpaired) electrons. The average molecular weight is 1220 g/mol. The largest absolute Gasteiger partial charge is 0.0776 e. The topological polar surface area (TPSA) is 0 Å². The minimum Gasteiger partial charge on any atom is -0.0776 e. The Balaban J connectivity index is 0. The van der Waals surface area contributed by atoms with Crippen molar-refractivity contribution in [2.24, 2.45) is 54.1 Å². The molecule has 0 nitrogen and oxygen atoms in total. The fraction of sp³-hybridized carbons (Fsp3) is 1.00. The van der Waals surface area contributed by atoms with Gasteiger partial charge in [-0.05, 0) is 183 Å². The Morgan fingerprint density at radius 1 is 0.138 bits per heavy atom. The van der Waals surface area contributed by atoms with Crippen molar-refractivity contribution in [3.8, 4) is 0 Å². The van der Waals surface area contributed by atoms with Crippen LogP contribution in [0.3, 0.4) is 0 Å². The monoisotopic (exact) mass is 1220 g/mol. The maximum atomic E-state index is 2.46. The molecule has 10 rings (SSSR count). The van der Waals surface area contributed by atoms with Crippen LogP contribution in [-0.4, -0.2) is 0 Å². The summed E-state index contributed by atoms with van der Waals surface area (Å²) in [4.78, 5) is 0. The normalized spacial score (nSPS) is 24.8. The lowest BCUT2D eigenvalue weighted by Crippen LogP contribution is -2.27. The Kier molecular flexibility index (Phi) is 48.1. The van der Waals surface area contributed by atoms with E-state index in [1.807, 2.05) is 0 Å². The van der Waals surface area contributed by atoms with E-state index in [-0.39, 0.29) is 14.9 Å². The predicted octanol–water partition coefficient (Wildman–Crippen LogP) is 33.0. The van der Waals surface area contributed by atoms with Gasteiger partial charge in [0.25, 0.3) is 0 Å². The van der Waals surface area contributed by atoms with Crippen molar-refractivity contribution in [3.05, 3.63) is 0 Å². The van der Waals surface area contributed by atoms with E-state index in [9.17, 15) is 0 Å². The first-order valence-electron chi connectivity index (χ1n) is 40.5. The van der Waals surface area contributed by atoms with Crippen LogP contribution in [0.2, 0.25) is 0 Å². The fourth-order valence-corrected chi connectivity index (χ4v) is 16.5. The highest BCUT2D eigenvalue weighted by atomic mass is 14.4. The third-order valence-corrected chi connectivity index (χ3v) is 28.7. The van der Waals surface area contributed by atoms with Gasteiger partial charge in [-0.15, -0.1) is 0 Å². The zero-order chi connectivity index (χ0) is 63.9. The first kappa shape index (κ1) is 89.1. The molecule has 10 aliphatic rings. The zero-order valence-corrected chi connectivity index (χ0v) is 63.9. The molecule has 0 bridgehead atoms. The van der Waals surface area contributed by atoms with Crippen LogP contribution in [0.15, 0.2) is 0 Å². The Bertz CT molecular complexity index is 1450. The lowest BCUT2D eigenvalue weighted by molar-refractivity contribution is 0.121. The SMILES string of the molecule is C.C.CCC1(C)CC1.CCC1(C)CCC1.CCC1(C)CCCC1.CCC1(C)CCCCC1.CCC1(C)CCCCCC1.CCC1(CC)CC1.CCC1(CC)CCC1.CCC1(CC)CCCC1.CCC1(CC)CCCCC1.CCC1(CC)CCCCCC1. The third-order valence-electron chi connectivity index (χ3n) is 28.7. The Morgan fingerprint density at radius 2 is 0.264 bits per heavy atom. The smallest absolute Gasteiger partial charge is 0.0302 e. The molecule has 526 valence electrons. The molecule has 0 heteroatoms. The molecule has 0 aliphatic heterocycles. The number of hydrogen-bond acceptors (Lipinski definition) is 0. The lowest BCUT2D eigenvalue weighted by atomic mass is 9.65. The maximum absolute atomic E-state index is 2.46. The molecule has 0 saturated heterocycles. The van der Waals surface area contributed by atoms with Crippen LogP contribution < -0.4 is 0 Å². The second-order valence-electron chi connectivity index (χ2n) is 33.9. The molecule has 87 heavy (non-hydrogen) atoms. The number of rotatable bonds is 15. The van der Waals surface area contributed by atoms with Gasteiger partial charge in [-0.25, -0.2) is 0 Å². The summed E-state index contributed by atoms with van der Waals surface area (Å²) in [6.45, 7) is 47.0. The molecule has 0 unspecified atom stereocenters. The molecule has 0 aromatic heterocycles. The summed E-state index contributed by atoms with van der Waals surface area (Å²) in [5, 5.41) is 0. The van der Waals surface area contributed by atoms with Crippen LogP contribution in [-0.2, 0) is 0 Å². The summed E-state index contributed by atoms with van der Waals surface area (Å²) in [6, 6.07) is 0. The van der Waals surface area contributed by atoms with Crippen LogP contribution >= 0.6 is 0 Å². The average Bonchev–Trinajstić information content (AvgIpc) is 4.56. The van der Waals surface area contributed by atoms with Crippen molar-refractivity contribution in [2.45, 2.75) is 506 Å². The summed E-state index contributed by atoms with van der Waals surface area (Å²) >= 11 is 0. The van der Waals surface area contributed by atoms with Crippen molar-refractivity contribution < 1.29 is 0 Å². The minimum absolute atomic E-state index is 0. The van der Waals surface area contributed by atoms with Crippen molar-refractivity contribution in [1.82, 2.24) is 0 Å². The van der Waals surface area contributed by atoms with Gasteiger partial charge in [0.2, 0.25) is 0 Å². The zero-order valence-electron chi connectivity index (χ0n) is 63.9. The van der Waals surface area contributed by atoms with Gasteiger partial charge >= 0.3 is 0 Å². The predicted molar refractivity (Wildman–Crippen MR) is 405 cm³/mol. The van der Waals surface area contributed by atoms with Gasteiger partial charge in [0.15, 0.2) is 0 Å². The highest BCUT2D eigenvalue weighted by Gasteiger charge is 2.38. The molecule has 0 amide bonds. The van der Waals surface area contributed by atoms with Gasteiger partial charge in [-0.3, -0.25) is 0 Å². The second kappa shape index (κ2) is 47.0. The van der Waals surface area contributed by atoms with Crippen LogP contribution in [0.1, 0.15) is 506 Å². The molecule has 0 heterocycles. The van der Waals surface area contributed by atoms with Crippen molar-refractivity contribution in [3.63, 3.8) is 0 Å². The molecule has 10 saturated carbocycles. The van der Waals surface area contributed by atoms with E-state index >= 15 is 0 Å². The van der Waals surface area contributed by atoms with Gasteiger partial charge in [-0.2, -0.15) is 0 Å². The molecular formula is C87H178. The highest BCUT2D eigenvalue weighted by molar-refractivity contribution is 4.90. The second-order valence-corrected chi connectivity index (χ2v) is 33.9. The van der Waals surface area contributed by atoms with Crippen molar-refractivity contribution in [1.29, 1.82) is 0 Å². The van der Waals surface area contributed by atoms with E-state index in [0.29, 0.717) is 5.41 Å². The van der Waals surface area contributed by atoms with E-state index in [2.05, 4.69) is 138 Å². The Morgan fingerprint density at radius 3 is 0.379 bits per heavy atom. The van der Waals surface area contributed by atoms with Gasteiger partial charge in [-0.1, -0.05) is 378 Å². The van der Waals surface area contributed by atoms with Gasteiger partial charge < -0.3 is 0 Å². The molecular weight excluding hydrogens is 1040 g/mol. The van der Waals surface area contributed by atoms with Gasteiger partial charge in [0.1, 0.15) is 0 Å². The Hall–Kier alpha value is 0. The quantitative estimate of drug-likeness (QED) is 0.143. The molecule has 10 aliphatic carbocycles. The summed E-state index contributed by atoms with van der Waals surface area (Å²) in [5.41, 5.74) is 7.64. The maximum Gasteiger partial charge on any atom is -0.0302 e. The first-order valence-corrected chi connectivity index (χ1v) is 40.5. The molecule has 0 atom stereocenters. The van der Waals surface area contributed by atoms with Gasteiger partial charge in [0.05, 0.1) is 0 Å². The van der Waals surface area contributed by atoms with Crippen LogP contribution in [0.4, 0.5) is 0 Å². The van der Waals surface area contributed by atoms with E-state index in [0.717, 1.165) is 48.7 Å². The first-order chi connectivity index (χ1) is 40.5. The van der Waals surface area contributed by atoms with E-state index in [1.165, 1.54) is 353 Å².